The number of amides is 2. The maximum absolute atomic E-state index is 11.9. The van der Waals surface area contributed by atoms with E-state index in [4.69, 9.17) is 0 Å². The van der Waals surface area contributed by atoms with Crippen LogP contribution in [0.3, 0.4) is 0 Å². The number of carbonyl (C=O) groups is 1. The molecule has 7 heteroatoms. The highest BCUT2D eigenvalue weighted by atomic mass is 19.4. The molecule has 0 aromatic heterocycles. The van der Waals surface area contributed by atoms with E-state index in [9.17, 15) is 18.0 Å². The molecule has 0 radical (unpaired) electrons. The number of nitrogens with one attached hydrogen (secondary N) is 3. The van der Waals surface area contributed by atoms with E-state index in [1.165, 1.54) is 0 Å². The van der Waals surface area contributed by atoms with Crippen LogP contribution in [0.2, 0.25) is 0 Å². The molecule has 0 bridgehead atoms. The SMILES string of the molecule is CCNCc1ccc(NC(=O)NCC(F)(F)F)cc1. The van der Waals surface area contributed by atoms with E-state index in [0.29, 0.717) is 12.2 Å². The quantitative estimate of drug-likeness (QED) is 0.773. The van der Waals surface area contributed by atoms with Gasteiger partial charge >= 0.3 is 12.2 Å². The van der Waals surface area contributed by atoms with Gasteiger partial charge in [-0.25, -0.2) is 4.79 Å². The van der Waals surface area contributed by atoms with Crippen LogP contribution in [-0.2, 0) is 6.54 Å². The second kappa shape index (κ2) is 6.98. The monoisotopic (exact) mass is 275 g/mol. The largest absolute Gasteiger partial charge is 0.405 e. The fourth-order valence-electron chi connectivity index (χ4n) is 1.33. The minimum atomic E-state index is -4.41. The number of alkyl halides is 3. The van der Waals surface area contributed by atoms with Crippen LogP contribution in [0.25, 0.3) is 0 Å². The van der Waals surface area contributed by atoms with Gasteiger partial charge in [-0.3, -0.25) is 0 Å². The molecule has 0 heterocycles. The fraction of sp³-hybridized carbons (Fsp3) is 0.417. The molecule has 0 aliphatic rings. The lowest BCUT2D eigenvalue weighted by Gasteiger charge is -2.10. The van der Waals surface area contributed by atoms with Crippen molar-refractivity contribution in [2.24, 2.45) is 0 Å². The molecule has 0 saturated carbocycles. The molecule has 2 amide bonds. The van der Waals surface area contributed by atoms with Crippen LogP contribution >= 0.6 is 0 Å². The average molecular weight is 275 g/mol. The molecule has 1 aromatic carbocycles. The molecule has 0 unspecified atom stereocenters. The smallest absolute Gasteiger partial charge is 0.329 e. The molecule has 0 saturated heterocycles. The van der Waals surface area contributed by atoms with E-state index < -0.39 is 18.8 Å². The molecule has 0 fully saturated rings. The van der Waals surface area contributed by atoms with E-state index in [2.05, 4.69) is 10.6 Å². The van der Waals surface area contributed by atoms with E-state index in [0.717, 1.165) is 12.1 Å². The van der Waals surface area contributed by atoms with Gasteiger partial charge in [0.2, 0.25) is 0 Å². The first-order valence-electron chi connectivity index (χ1n) is 5.82. The second-order valence-electron chi connectivity index (χ2n) is 3.90. The van der Waals surface area contributed by atoms with Crippen molar-refractivity contribution in [1.29, 1.82) is 0 Å². The predicted molar refractivity (Wildman–Crippen MR) is 66.9 cm³/mol. The van der Waals surface area contributed by atoms with Crippen LogP contribution in [0.15, 0.2) is 24.3 Å². The zero-order valence-electron chi connectivity index (χ0n) is 10.5. The maximum atomic E-state index is 11.9. The van der Waals surface area contributed by atoms with Crippen molar-refractivity contribution in [2.45, 2.75) is 19.6 Å². The third kappa shape index (κ3) is 6.66. The Kier molecular flexibility index (Phi) is 5.62. The van der Waals surface area contributed by atoms with Gasteiger partial charge in [0.1, 0.15) is 6.54 Å². The predicted octanol–water partition coefficient (Wildman–Crippen LogP) is 2.48. The highest BCUT2D eigenvalue weighted by Crippen LogP contribution is 2.13. The average Bonchev–Trinajstić information content (AvgIpc) is 2.35. The Hall–Kier alpha value is -1.76. The summed E-state index contributed by atoms with van der Waals surface area (Å²) in [7, 11) is 0. The Bertz CT molecular complexity index is 404. The lowest BCUT2D eigenvalue weighted by Crippen LogP contribution is -2.36. The summed E-state index contributed by atoms with van der Waals surface area (Å²) in [5.41, 5.74) is 1.48. The summed E-state index contributed by atoms with van der Waals surface area (Å²) in [6, 6.07) is 5.99. The van der Waals surface area contributed by atoms with E-state index >= 15 is 0 Å². The number of hydrogen-bond donors (Lipinski definition) is 3. The molecule has 4 nitrogen and oxygen atoms in total. The zero-order chi connectivity index (χ0) is 14.3. The van der Waals surface area contributed by atoms with Crippen molar-refractivity contribution in [3.8, 4) is 0 Å². The first-order valence-corrected chi connectivity index (χ1v) is 5.82. The number of urea groups is 1. The molecule has 0 atom stereocenters. The number of hydrogen-bond acceptors (Lipinski definition) is 2. The Balaban J connectivity index is 2.42. The first-order chi connectivity index (χ1) is 8.90. The van der Waals surface area contributed by atoms with Crippen molar-refractivity contribution in [2.75, 3.05) is 18.4 Å². The summed E-state index contributed by atoms with van der Waals surface area (Å²) < 4.78 is 35.6. The minimum absolute atomic E-state index is 0.444. The molecule has 106 valence electrons. The molecular weight excluding hydrogens is 259 g/mol. The van der Waals surface area contributed by atoms with Gasteiger partial charge in [0.05, 0.1) is 0 Å². The van der Waals surface area contributed by atoms with Crippen LogP contribution in [-0.4, -0.2) is 25.3 Å². The molecular formula is C12H16F3N3O. The Morgan fingerprint density at radius 3 is 2.37 bits per heavy atom. The van der Waals surface area contributed by atoms with E-state index in [1.807, 2.05) is 6.92 Å². The standard InChI is InChI=1S/C12H16F3N3O/c1-2-16-7-9-3-5-10(6-4-9)18-11(19)17-8-12(13,14)15/h3-6,16H,2,7-8H2,1H3,(H2,17,18,19). The number of carbonyl (C=O) groups excluding carboxylic acids is 1. The summed E-state index contributed by atoms with van der Waals surface area (Å²) in [5.74, 6) is 0. The molecule has 19 heavy (non-hydrogen) atoms. The van der Waals surface area contributed by atoms with Crippen molar-refractivity contribution in [1.82, 2.24) is 10.6 Å². The summed E-state index contributed by atoms with van der Waals surface area (Å²) >= 11 is 0. The van der Waals surface area contributed by atoms with Gasteiger partial charge in [0.25, 0.3) is 0 Å². The van der Waals surface area contributed by atoms with Gasteiger partial charge in [-0.2, -0.15) is 13.2 Å². The lowest BCUT2D eigenvalue weighted by molar-refractivity contribution is -0.122. The number of rotatable bonds is 5. The van der Waals surface area contributed by atoms with Crippen molar-refractivity contribution in [3.63, 3.8) is 0 Å². The summed E-state index contributed by atoms with van der Waals surface area (Å²) in [5, 5.41) is 7.20. The van der Waals surface area contributed by atoms with Gasteiger partial charge in [0.15, 0.2) is 0 Å². The maximum Gasteiger partial charge on any atom is 0.405 e. The van der Waals surface area contributed by atoms with Crippen molar-refractivity contribution < 1.29 is 18.0 Å². The molecule has 3 N–H and O–H groups in total. The summed E-state index contributed by atoms with van der Waals surface area (Å²) in [6.45, 7) is 2.19. The molecule has 0 aliphatic heterocycles. The molecule has 0 aliphatic carbocycles. The highest BCUT2D eigenvalue weighted by molar-refractivity contribution is 5.89. The third-order valence-electron chi connectivity index (χ3n) is 2.24. The lowest BCUT2D eigenvalue weighted by atomic mass is 10.2. The van der Waals surface area contributed by atoms with Crippen LogP contribution < -0.4 is 16.0 Å². The second-order valence-corrected chi connectivity index (χ2v) is 3.90. The van der Waals surface area contributed by atoms with Crippen LogP contribution in [0, 0.1) is 0 Å². The number of halogens is 3. The van der Waals surface area contributed by atoms with Crippen LogP contribution in [0.4, 0.5) is 23.7 Å². The topological polar surface area (TPSA) is 53.2 Å². The van der Waals surface area contributed by atoms with Crippen molar-refractivity contribution >= 4 is 11.7 Å². The van der Waals surface area contributed by atoms with Crippen LogP contribution in [0.1, 0.15) is 12.5 Å². The van der Waals surface area contributed by atoms with Gasteiger partial charge in [0, 0.05) is 12.2 Å². The number of anilines is 1. The minimum Gasteiger partial charge on any atom is -0.329 e. The number of benzene rings is 1. The molecule has 1 aromatic rings. The summed E-state index contributed by atoms with van der Waals surface area (Å²) in [4.78, 5) is 11.2. The van der Waals surface area contributed by atoms with E-state index in [-0.39, 0.29) is 0 Å². The fourth-order valence-corrected chi connectivity index (χ4v) is 1.33. The summed E-state index contributed by atoms with van der Waals surface area (Å²) in [6.07, 6.45) is -4.41. The normalized spacial score (nSPS) is 11.2. The zero-order valence-corrected chi connectivity index (χ0v) is 10.5. The molecule has 0 spiro atoms. The Labute approximate surface area is 109 Å². The van der Waals surface area contributed by atoms with Gasteiger partial charge in [-0.15, -0.1) is 0 Å². The van der Waals surface area contributed by atoms with Gasteiger partial charge in [-0.05, 0) is 24.2 Å². The van der Waals surface area contributed by atoms with E-state index in [1.54, 1.807) is 29.6 Å². The highest BCUT2D eigenvalue weighted by Gasteiger charge is 2.27. The Morgan fingerprint density at radius 1 is 1.21 bits per heavy atom. The van der Waals surface area contributed by atoms with Gasteiger partial charge < -0.3 is 16.0 Å². The van der Waals surface area contributed by atoms with Crippen LogP contribution in [0.5, 0.6) is 0 Å². The first kappa shape index (κ1) is 15.3. The third-order valence-corrected chi connectivity index (χ3v) is 2.24. The van der Waals surface area contributed by atoms with Gasteiger partial charge in [-0.1, -0.05) is 19.1 Å². The van der Waals surface area contributed by atoms with Crippen molar-refractivity contribution in [3.05, 3.63) is 29.8 Å². The molecule has 1 rings (SSSR count). The Morgan fingerprint density at radius 2 is 1.84 bits per heavy atom.